The third-order valence-corrected chi connectivity index (χ3v) is 8.81. The van der Waals surface area contributed by atoms with E-state index in [0.29, 0.717) is 67.8 Å². The predicted molar refractivity (Wildman–Crippen MR) is 180 cm³/mol. The Morgan fingerprint density at radius 2 is 1.75 bits per heavy atom. The molecule has 6 rings (SSSR count). The van der Waals surface area contributed by atoms with E-state index in [9.17, 15) is 14.7 Å². The van der Waals surface area contributed by atoms with Crippen LogP contribution in [-0.4, -0.2) is 87.3 Å². The van der Waals surface area contributed by atoms with Crippen LogP contribution in [0.4, 0.5) is 5.82 Å². The number of guanidine groups is 1. The van der Waals surface area contributed by atoms with Crippen molar-refractivity contribution in [2.75, 3.05) is 38.6 Å². The number of likely N-dealkylation sites (tertiary alicyclic amines) is 1. The minimum absolute atomic E-state index is 0.0139. The van der Waals surface area contributed by atoms with Gasteiger partial charge in [0.25, 0.3) is 11.8 Å². The molecule has 1 atom stereocenters. The average Bonchev–Trinajstić information content (AvgIpc) is 3.48. The Kier molecular flexibility index (Phi) is 9.62. The normalized spacial score (nSPS) is 15.9. The number of nitrogens with zero attached hydrogens (tertiary/aromatic N) is 4. The van der Waals surface area contributed by atoms with Crippen LogP contribution in [0.5, 0.6) is 11.5 Å². The predicted octanol–water partition coefficient (Wildman–Crippen LogP) is 2.85. The summed E-state index contributed by atoms with van der Waals surface area (Å²) in [7, 11) is 0. The van der Waals surface area contributed by atoms with E-state index in [1.54, 1.807) is 31.2 Å². The molecule has 6 N–H and O–H groups in total. The maximum absolute atomic E-state index is 13.3. The van der Waals surface area contributed by atoms with Crippen molar-refractivity contribution in [3.63, 3.8) is 0 Å². The van der Waals surface area contributed by atoms with Gasteiger partial charge in [-0.3, -0.25) is 19.9 Å². The molecule has 250 valence electrons. The van der Waals surface area contributed by atoms with Crippen molar-refractivity contribution in [1.82, 2.24) is 25.5 Å². The maximum Gasteiger partial charge on any atom is 0.280 e. The monoisotopic (exact) mass is 673 g/mol. The van der Waals surface area contributed by atoms with E-state index in [-0.39, 0.29) is 41.3 Å². The summed E-state index contributed by atoms with van der Waals surface area (Å²) >= 11 is 6.02. The molecule has 0 aliphatic carbocycles. The summed E-state index contributed by atoms with van der Waals surface area (Å²) in [5.74, 6) is 0.967. The number of nitrogens with one attached hydrogen (secondary N) is 2. The highest BCUT2D eigenvalue weighted by molar-refractivity contribution is 6.30. The zero-order chi connectivity index (χ0) is 33.8. The number of carbonyl (C=O) groups excluding carboxylic acids is 2. The summed E-state index contributed by atoms with van der Waals surface area (Å²) in [6.45, 7) is 3.22. The van der Waals surface area contributed by atoms with E-state index in [1.165, 1.54) is 0 Å². The molecule has 4 aromatic rings. The number of hydrogen-bond acceptors (Lipinski definition) is 11. The first-order chi connectivity index (χ1) is 23.1. The molecule has 0 unspecified atom stereocenters. The lowest BCUT2D eigenvalue weighted by molar-refractivity contribution is 0.0536. The molecule has 1 spiro atoms. The number of benzene rings is 3. The van der Waals surface area contributed by atoms with Crippen molar-refractivity contribution in [3.05, 3.63) is 88.3 Å². The lowest BCUT2D eigenvalue weighted by Gasteiger charge is -2.39. The maximum atomic E-state index is 13.3. The Hall–Kier alpha value is -4.98. The number of carbonyl (C=O) groups is 2. The van der Waals surface area contributed by atoms with Crippen molar-refractivity contribution in [2.45, 2.75) is 38.0 Å². The highest BCUT2D eigenvalue weighted by Crippen LogP contribution is 2.28. The summed E-state index contributed by atoms with van der Waals surface area (Å²) in [5, 5.41) is 26.6. The van der Waals surface area contributed by atoms with Gasteiger partial charge in [-0.2, -0.15) is 0 Å². The molecule has 13 nitrogen and oxygen atoms in total. The van der Waals surface area contributed by atoms with Crippen LogP contribution in [0.15, 0.2) is 65.7 Å². The largest absolute Gasteiger partial charge is 0.491 e. The van der Waals surface area contributed by atoms with Crippen LogP contribution >= 0.6 is 11.6 Å². The Balaban J connectivity index is 0.973. The first-order valence-corrected chi connectivity index (χ1v) is 15.9. The topological polar surface area (TPSA) is 185 Å². The molecule has 0 saturated carbocycles. The van der Waals surface area contributed by atoms with E-state index >= 15 is 0 Å². The number of nitrogens with two attached hydrogens (primary N) is 1. The van der Waals surface area contributed by atoms with Crippen molar-refractivity contribution in [2.24, 2.45) is 4.99 Å². The molecule has 3 heterocycles. The van der Waals surface area contributed by atoms with Crippen LogP contribution in [0.25, 0.3) is 10.8 Å². The highest BCUT2D eigenvalue weighted by Gasteiger charge is 2.40. The molecular formula is C34H36ClN7O6. The van der Waals surface area contributed by atoms with Gasteiger partial charge >= 0.3 is 0 Å². The Bertz CT molecular complexity index is 1860. The second-order valence-corrected chi connectivity index (χ2v) is 12.3. The number of aliphatic hydroxyl groups is 2. The van der Waals surface area contributed by atoms with Crippen LogP contribution in [0.3, 0.4) is 0 Å². The number of piperidine rings is 1. The Labute approximate surface area is 281 Å². The molecule has 14 heteroatoms. The van der Waals surface area contributed by atoms with Gasteiger partial charge in [0.05, 0.1) is 24.4 Å². The number of halogens is 1. The number of fused-ring (bicyclic) bond motifs is 1. The molecule has 48 heavy (non-hydrogen) atoms. The van der Waals surface area contributed by atoms with Gasteiger partial charge in [-0.1, -0.05) is 29.8 Å². The van der Waals surface area contributed by atoms with Crippen LogP contribution in [0, 0.1) is 6.92 Å². The number of hydrogen-bond donors (Lipinski definition) is 5. The third kappa shape index (κ3) is 7.43. The van der Waals surface area contributed by atoms with Crippen molar-refractivity contribution in [3.8, 4) is 11.5 Å². The summed E-state index contributed by atoms with van der Waals surface area (Å²) < 4.78 is 11.5. The van der Waals surface area contributed by atoms with Crippen LogP contribution < -0.4 is 25.8 Å². The molecule has 2 amide bonds. The number of aliphatic hydroxyl groups excluding tert-OH is 2. The van der Waals surface area contributed by atoms with E-state index in [2.05, 4.69) is 25.6 Å². The summed E-state index contributed by atoms with van der Waals surface area (Å²) in [4.78, 5) is 40.4. The number of aromatic nitrogens is 2. The quantitative estimate of drug-likeness (QED) is 0.177. The number of aliphatic imine (C=N–C) groups is 1. The third-order valence-electron chi connectivity index (χ3n) is 8.45. The highest BCUT2D eigenvalue weighted by atomic mass is 35.5. The van der Waals surface area contributed by atoms with E-state index in [0.717, 1.165) is 16.3 Å². The number of anilines is 1. The molecule has 2 aliphatic heterocycles. The van der Waals surface area contributed by atoms with Crippen molar-refractivity contribution < 1.29 is 29.3 Å². The average molecular weight is 674 g/mol. The molecule has 1 fully saturated rings. The van der Waals surface area contributed by atoms with E-state index in [1.807, 2.05) is 41.3 Å². The van der Waals surface area contributed by atoms with Crippen LogP contribution in [0.1, 0.15) is 44.9 Å². The number of nitrogen functional groups attached to an aromatic ring is 1. The second kappa shape index (κ2) is 14.0. The van der Waals surface area contributed by atoms with Gasteiger partial charge in [-0.15, -0.1) is 0 Å². The van der Waals surface area contributed by atoms with Gasteiger partial charge in [-0.05, 0) is 78.6 Å². The van der Waals surface area contributed by atoms with Crippen LogP contribution in [-0.2, 0) is 6.61 Å². The summed E-state index contributed by atoms with van der Waals surface area (Å²) in [6, 6.07) is 18.8. The minimum Gasteiger partial charge on any atom is -0.491 e. The molecule has 1 saturated heterocycles. The molecular weight excluding hydrogens is 638 g/mol. The molecule has 0 bridgehead atoms. The van der Waals surface area contributed by atoms with Gasteiger partial charge in [0.15, 0.2) is 22.6 Å². The van der Waals surface area contributed by atoms with Gasteiger partial charge in [-0.25, -0.2) is 9.97 Å². The zero-order valence-electron chi connectivity index (χ0n) is 26.3. The lowest BCUT2D eigenvalue weighted by Crippen LogP contribution is -2.57. The first kappa shape index (κ1) is 32.9. The Morgan fingerprint density at radius 3 is 2.50 bits per heavy atom. The van der Waals surface area contributed by atoms with Crippen molar-refractivity contribution >= 4 is 46.0 Å². The minimum atomic E-state index is -0.920. The molecule has 0 radical (unpaired) electrons. The second-order valence-electron chi connectivity index (χ2n) is 12.0. The summed E-state index contributed by atoms with van der Waals surface area (Å²) in [5.41, 5.74) is 7.44. The molecule has 3 aromatic carbocycles. The fraction of sp³-hybridized carbons (Fsp3) is 0.324. The number of aryl methyl sites for hydroxylation is 1. The number of rotatable bonds is 9. The van der Waals surface area contributed by atoms with E-state index < -0.39 is 12.0 Å². The van der Waals surface area contributed by atoms with Gasteiger partial charge in [0, 0.05) is 18.7 Å². The summed E-state index contributed by atoms with van der Waals surface area (Å²) in [6.07, 6.45) is 0.402. The van der Waals surface area contributed by atoms with Gasteiger partial charge < -0.3 is 35.6 Å². The van der Waals surface area contributed by atoms with Crippen molar-refractivity contribution in [1.29, 1.82) is 0 Å². The SMILES string of the molecule is Cc1nc(N)c(C(=O)NC2=NCC3(CCN(C(=O)c4ccc(OCc5ccc6cc(OC[C@@H](O)CO)ccc6c5)cc4)CC3)N2)nc1Cl. The Morgan fingerprint density at radius 1 is 1.04 bits per heavy atom. The number of ether oxygens (including phenoxy) is 2. The standard InChI is InChI=1S/C34H36ClN7O6/c1-20-29(35)39-28(30(36)38-20)31(45)40-33-37-19-34(41-33)10-12-42(13-11-34)32(46)22-4-7-26(8-5-22)47-17-21-2-3-24-15-27(9-6-23(24)14-21)48-18-25(44)16-43/h2-9,14-15,25,43-44H,10-13,16-19H2,1H3,(H2,36,38)(H2,37,40,41,45)/t25-/m0/s1. The fourth-order valence-corrected chi connectivity index (χ4v) is 5.77. The zero-order valence-corrected chi connectivity index (χ0v) is 27.0. The number of amides is 2. The fourth-order valence-electron chi connectivity index (χ4n) is 5.64. The van der Waals surface area contributed by atoms with E-state index in [4.69, 9.17) is 31.9 Å². The van der Waals surface area contributed by atoms with Gasteiger partial charge in [0.1, 0.15) is 30.8 Å². The molecule has 1 aromatic heterocycles. The lowest BCUT2D eigenvalue weighted by atomic mass is 9.88. The first-order valence-electron chi connectivity index (χ1n) is 15.5. The van der Waals surface area contributed by atoms with Gasteiger partial charge in [0.2, 0.25) is 0 Å². The smallest absolute Gasteiger partial charge is 0.280 e. The van der Waals surface area contributed by atoms with Crippen LogP contribution in [0.2, 0.25) is 5.15 Å². The molecule has 2 aliphatic rings.